The van der Waals surface area contributed by atoms with Crippen LogP contribution in [0.5, 0.6) is 5.75 Å². The predicted octanol–water partition coefficient (Wildman–Crippen LogP) is 4.39. The molecular formula is C25H28FN5O2. The maximum Gasteiger partial charge on any atom is 0.187 e. The molecule has 1 N–H and O–H groups in total. The van der Waals surface area contributed by atoms with Gasteiger partial charge in [-0.1, -0.05) is 12.1 Å². The van der Waals surface area contributed by atoms with Crippen molar-refractivity contribution in [1.82, 2.24) is 24.5 Å². The van der Waals surface area contributed by atoms with Gasteiger partial charge in [0.15, 0.2) is 11.5 Å². The number of pyridine rings is 2. The number of halogens is 1. The number of aliphatic hydroxyl groups is 1. The molecule has 1 saturated heterocycles. The first-order valence-electron chi connectivity index (χ1n) is 11.3. The second-order valence-corrected chi connectivity index (χ2v) is 9.45. The van der Waals surface area contributed by atoms with E-state index in [9.17, 15) is 9.50 Å². The number of fused-ring (bicyclic) bond motifs is 2. The molecule has 7 nitrogen and oxygen atoms in total. The van der Waals surface area contributed by atoms with E-state index in [1.54, 1.807) is 0 Å². The molecule has 1 aliphatic heterocycles. The minimum atomic E-state index is -0.648. The van der Waals surface area contributed by atoms with Crippen LogP contribution < -0.4 is 4.74 Å². The molecule has 172 valence electrons. The van der Waals surface area contributed by atoms with Gasteiger partial charge in [-0.15, -0.1) is 10.2 Å². The van der Waals surface area contributed by atoms with Crippen molar-refractivity contribution in [3.05, 3.63) is 54.0 Å². The first-order chi connectivity index (χ1) is 15.7. The lowest BCUT2D eigenvalue weighted by Gasteiger charge is -2.26. The third kappa shape index (κ3) is 4.16. The summed E-state index contributed by atoms with van der Waals surface area (Å²) in [6.07, 6.45) is 2.69. The van der Waals surface area contributed by atoms with Crippen molar-refractivity contribution in [2.45, 2.75) is 51.9 Å². The third-order valence-electron chi connectivity index (χ3n) is 6.25. The van der Waals surface area contributed by atoms with Gasteiger partial charge in [-0.2, -0.15) is 0 Å². The van der Waals surface area contributed by atoms with E-state index in [0.29, 0.717) is 40.4 Å². The Bertz CT molecular complexity index is 1330. The molecule has 1 aromatic carbocycles. The molecule has 4 heterocycles. The maximum absolute atomic E-state index is 14.1. The smallest absolute Gasteiger partial charge is 0.187 e. The summed E-state index contributed by atoms with van der Waals surface area (Å²) in [5.41, 5.74) is 2.39. The molecule has 1 aliphatic rings. The van der Waals surface area contributed by atoms with Gasteiger partial charge in [-0.25, -0.2) is 9.37 Å². The van der Waals surface area contributed by atoms with Crippen molar-refractivity contribution >= 4 is 16.6 Å². The number of nitrogens with zero attached hydrogens (tertiary/aromatic N) is 5. The van der Waals surface area contributed by atoms with Crippen molar-refractivity contribution in [2.75, 3.05) is 13.1 Å². The summed E-state index contributed by atoms with van der Waals surface area (Å²) in [7, 11) is 0. The fourth-order valence-corrected chi connectivity index (χ4v) is 4.49. The number of ether oxygens (including phenoxy) is 1. The van der Waals surface area contributed by atoms with E-state index in [4.69, 9.17) is 9.72 Å². The molecule has 0 spiro atoms. The number of hydrogen-bond acceptors (Lipinski definition) is 6. The van der Waals surface area contributed by atoms with Gasteiger partial charge < -0.3 is 9.84 Å². The van der Waals surface area contributed by atoms with Crippen LogP contribution in [0.15, 0.2) is 42.6 Å². The van der Waals surface area contributed by atoms with Crippen LogP contribution in [-0.4, -0.2) is 54.4 Å². The Labute approximate surface area is 191 Å². The normalized spacial score (nSPS) is 20.2. The van der Waals surface area contributed by atoms with Crippen LogP contribution in [0.1, 0.15) is 45.7 Å². The molecule has 33 heavy (non-hydrogen) atoms. The van der Waals surface area contributed by atoms with Crippen molar-refractivity contribution < 1.29 is 14.2 Å². The highest BCUT2D eigenvalue weighted by Crippen LogP contribution is 2.31. The summed E-state index contributed by atoms with van der Waals surface area (Å²) < 4.78 is 21.8. The molecule has 0 radical (unpaired) electrons. The van der Waals surface area contributed by atoms with Gasteiger partial charge in [0, 0.05) is 36.8 Å². The average molecular weight is 450 g/mol. The second kappa shape index (κ2) is 8.04. The quantitative estimate of drug-likeness (QED) is 0.487. The van der Waals surface area contributed by atoms with Crippen LogP contribution in [0.25, 0.3) is 28.1 Å². The summed E-state index contributed by atoms with van der Waals surface area (Å²) >= 11 is 0. The molecule has 0 saturated carbocycles. The summed E-state index contributed by atoms with van der Waals surface area (Å²) in [4.78, 5) is 7.06. The van der Waals surface area contributed by atoms with Gasteiger partial charge in [-0.05, 0) is 57.9 Å². The topological polar surface area (TPSA) is 75.8 Å². The number of β-amino-alcohol motifs (C(OH)–C–C–N with tert-alkyl or cyclic N) is 1. The molecule has 4 aromatic rings. The zero-order chi connectivity index (χ0) is 23.3. The number of aromatic nitrogens is 4. The van der Waals surface area contributed by atoms with Gasteiger partial charge >= 0.3 is 0 Å². The minimum absolute atomic E-state index is 0.107. The Hall–Kier alpha value is -3.10. The van der Waals surface area contributed by atoms with E-state index in [2.05, 4.69) is 28.1 Å². The summed E-state index contributed by atoms with van der Waals surface area (Å²) in [6, 6.07) is 10.6. The molecular weight excluding hydrogens is 421 g/mol. The van der Waals surface area contributed by atoms with E-state index >= 15 is 0 Å². The van der Waals surface area contributed by atoms with Crippen LogP contribution in [0, 0.1) is 5.82 Å². The van der Waals surface area contributed by atoms with E-state index < -0.39 is 5.60 Å². The van der Waals surface area contributed by atoms with Crippen LogP contribution >= 0.6 is 0 Å². The van der Waals surface area contributed by atoms with Crippen LogP contribution in [-0.2, 0) is 0 Å². The molecule has 3 aromatic heterocycles. The van der Waals surface area contributed by atoms with Crippen LogP contribution in [0.4, 0.5) is 4.39 Å². The van der Waals surface area contributed by atoms with Crippen LogP contribution in [0.2, 0.25) is 0 Å². The van der Waals surface area contributed by atoms with Crippen molar-refractivity contribution in [3.63, 3.8) is 0 Å². The average Bonchev–Trinajstić information content (AvgIpc) is 3.35. The highest BCUT2D eigenvalue weighted by molar-refractivity contribution is 5.86. The third-order valence-corrected chi connectivity index (χ3v) is 6.25. The fourth-order valence-electron chi connectivity index (χ4n) is 4.49. The van der Waals surface area contributed by atoms with E-state index in [1.165, 1.54) is 12.1 Å². The number of likely N-dealkylation sites (tertiary alicyclic amines) is 1. The Balaban J connectivity index is 1.56. The van der Waals surface area contributed by atoms with Crippen molar-refractivity contribution in [3.8, 4) is 17.3 Å². The standard InChI is InChI=1S/C25H28FN5O2/c1-15(2)33-21-12-19(26)11-17-5-7-20(27-23(17)21)24-29-28-22-8-6-18(13-31(22)24)16(3)30-10-9-25(4,32)14-30/h5-8,11-13,15-16,32H,9-10,14H2,1-4H3/t16-,25?/m1/s1. The van der Waals surface area contributed by atoms with E-state index in [-0.39, 0.29) is 18.0 Å². The molecule has 1 fully saturated rings. The molecule has 0 bridgehead atoms. The highest BCUT2D eigenvalue weighted by atomic mass is 19.1. The van der Waals surface area contributed by atoms with Crippen molar-refractivity contribution in [2.24, 2.45) is 0 Å². The van der Waals surface area contributed by atoms with Gasteiger partial charge in [-0.3, -0.25) is 9.30 Å². The fraction of sp³-hybridized carbons (Fsp3) is 0.400. The molecule has 8 heteroatoms. The first kappa shape index (κ1) is 21.7. The monoisotopic (exact) mass is 449 g/mol. The van der Waals surface area contributed by atoms with Gasteiger partial charge in [0.25, 0.3) is 0 Å². The van der Waals surface area contributed by atoms with E-state index in [0.717, 1.165) is 18.5 Å². The predicted molar refractivity (Wildman–Crippen MR) is 125 cm³/mol. The molecule has 0 amide bonds. The minimum Gasteiger partial charge on any atom is -0.489 e. The van der Waals surface area contributed by atoms with Gasteiger partial charge in [0.2, 0.25) is 0 Å². The van der Waals surface area contributed by atoms with Gasteiger partial charge in [0.05, 0.1) is 11.7 Å². The summed E-state index contributed by atoms with van der Waals surface area (Å²) in [6.45, 7) is 9.32. The maximum atomic E-state index is 14.1. The summed E-state index contributed by atoms with van der Waals surface area (Å²) in [5.74, 6) is 0.653. The number of hydrogen-bond donors (Lipinski definition) is 1. The molecule has 1 unspecified atom stereocenters. The Morgan fingerprint density at radius 2 is 1.94 bits per heavy atom. The molecule has 5 rings (SSSR count). The molecule has 2 atom stereocenters. The first-order valence-corrected chi connectivity index (χ1v) is 11.3. The lowest BCUT2D eigenvalue weighted by Crippen LogP contribution is -2.31. The Morgan fingerprint density at radius 1 is 1.12 bits per heavy atom. The number of benzene rings is 1. The Morgan fingerprint density at radius 3 is 2.67 bits per heavy atom. The number of rotatable bonds is 5. The van der Waals surface area contributed by atoms with E-state index in [1.807, 2.05) is 49.6 Å². The largest absolute Gasteiger partial charge is 0.489 e. The van der Waals surface area contributed by atoms with Crippen LogP contribution in [0.3, 0.4) is 0 Å². The zero-order valence-corrected chi connectivity index (χ0v) is 19.3. The van der Waals surface area contributed by atoms with Crippen molar-refractivity contribution in [1.29, 1.82) is 0 Å². The Kier molecular flexibility index (Phi) is 5.29. The van der Waals surface area contributed by atoms with Gasteiger partial charge in [0.1, 0.15) is 22.8 Å². The lowest BCUT2D eigenvalue weighted by molar-refractivity contribution is 0.0633. The molecule has 0 aliphatic carbocycles. The SMILES string of the molecule is CC(C)Oc1cc(F)cc2ccc(-c3nnc4ccc([C@@H](C)N5CCC(C)(O)C5)cn34)nc12. The second-order valence-electron chi connectivity index (χ2n) is 9.45. The summed E-state index contributed by atoms with van der Waals surface area (Å²) in [5, 5.41) is 19.7. The lowest BCUT2D eigenvalue weighted by atomic mass is 10.1. The zero-order valence-electron chi connectivity index (χ0n) is 19.3. The highest BCUT2D eigenvalue weighted by Gasteiger charge is 2.34.